The summed E-state index contributed by atoms with van der Waals surface area (Å²) in [4.78, 5) is 4.06. The van der Waals surface area contributed by atoms with Crippen molar-refractivity contribution in [2.75, 3.05) is 37.6 Å². The first-order valence-electron chi connectivity index (χ1n) is 8.93. The van der Waals surface area contributed by atoms with Crippen LogP contribution in [0.25, 0.3) is 0 Å². The minimum absolute atomic E-state index is 0.345. The number of halogens is 3. The van der Waals surface area contributed by atoms with Crippen LogP contribution in [0.5, 0.6) is 0 Å². The van der Waals surface area contributed by atoms with Crippen LogP contribution in [0.15, 0.2) is 24.3 Å². The summed E-state index contributed by atoms with van der Waals surface area (Å²) in [5.74, 6) is 0.398. The Morgan fingerprint density at radius 2 is 1.46 bits per heavy atom. The van der Waals surface area contributed by atoms with Crippen molar-refractivity contribution in [2.45, 2.75) is 37.3 Å². The number of aliphatic hydroxyl groups is 3. The Morgan fingerprint density at radius 1 is 0.923 bits per heavy atom. The Kier molecular flexibility index (Phi) is 5.76. The van der Waals surface area contributed by atoms with E-state index in [9.17, 15) is 28.5 Å². The molecule has 0 bridgehead atoms. The standard InChI is InChI=1S/C18H25F3N2O3/c19-18(20,21)13-1-3-14(4-2-13)23-7-5-12(6-8-23)9-22-10-15(24)17(26)16(25)11-22/h1-4,12,15-17,24-26H,5-11H2. The predicted molar refractivity (Wildman–Crippen MR) is 90.8 cm³/mol. The number of benzene rings is 1. The van der Waals surface area contributed by atoms with Crippen molar-refractivity contribution in [1.29, 1.82) is 0 Å². The van der Waals surface area contributed by atoms with Crippen LogP contribution >= 0.6 is 0 Å². The number of hydrogen-bond acceptors (Lipinski definition) is 5. The molecule has 5 nitrogen and oxygen atoms in total. The molecule has 146 valence electrons. The van der Waals surface area contributed by atoms with Crippen LogP contribution in [0, 0.1) is 5.92 Å². The molecule has 1 aromatic carbocycles. The molecule has 2 aliphatic rings. The molecule has 3 rings (SSSR count). The fraction of sp³-hybridized carbons (Fsp3) is 0.667. The molecule has 2 saturated heterocycles. The average molecular weight is 374 g/mol. The minimum atomic E-state index is -4.32. The lowest BCUT2D eigenvalue weighted by Gasteiger charge is -2.40. The van der Waals surface area contributed by atoms with Crippen molar-refractivity contribution >= 4 is 5.69 Å². The summed E-state index contributed by atoms with van der Waals surface area (Å²) in [6.07, 6.45) is -5.49. The summed E-state index contributed by atoms with van der Waals surface area (Å²) in [6, 6.07) is 5.26. The molecule has 2 heterocycles. The molecule has 2 unspecified atom stereocenters. The van der Waals surface area contributed by atoms with Gasteiger partial charge < -0.3 is 20.2 Å². The van der Waals surface area contributed by atoms with Gasteiger partial charge in [-0.05, 0) is 43.0 Å². The van der Waals surface area contributed by atoms with Gasteiger partial charge in [0.05, 0.1) is 17.8 Å². The van der Waals surface area contributed by atoms with Crippen LogP contribution in [0.3, 0.4) is 0 Å². The van der Waals surface area contributed by atoms with E-state index in [2.05, 4.69) is 4.90 Å². The van der Waals surface area contributed by atoms with E-state index >= 15 is 0 Å². The summed E-state index contributed by atoms with van der Waals surface area (Å²) in [5, 5.41) is 29.2. The van der Waals surface area contributed by atoms with Gasteiger partial charge in [-0.3, -0.25) is 4.90 Å². The highest BCUT2D eigenvalue weighted by molar-refractivity contribution is 5.48. The van der Waals surface area contributed by atoms with Gasteiger partial charge in [0.2, 0.25) is 0 Å². The number of nitrogens with zero attached hydrogens (tertiary/aromatic N) is 2. The number of β-amino-alcohol motifs (C(OH)–C–C–N with tert-alkyl or cyclic N) is 2. The van der Waals surface area contributed by atoms with Crippen LogP contribution in [0.1, 0.15) is 18.4 Å². The number of rotatable bonds is 3. The number of likely N-dealkylation sites (tertiary alicyclic amines) is 1. The first-order valence-corrected chi connectivity index (χ1v) is 8.93. The van der Waals surface area contributed by atoms with Crippen LogP contribution in [-0.4, -0.2) is 71.3 Å². The molecule has 2 atom stereocenters. The van der Waals surface area contributed by atoms with E-state index in [1.807, 2.05) is 4.90 Å². The van der Waals surface area contributed by atoms with E-state index in [-0.39, 0.29) is 0 Å². The second-order valence-electron chi connectivity index (χ2n) is 7.32. The van der Waals surface area contributed by atoms with Crippen molar-refractivity contribution in [3.63, 3.8) is 0 Å². The van der Waals surface area contributed by atoms with Crippen LogP contribution in [-0.2, 0) is 6.18 Å². The van der Waals surface area contributed by atoms with Crippen molar-refractivity contribution in [3.05, 3.63) is 29.8 Å². The lowest BCUT2D eigenvalue weighted by Crippen LogP contribution is -2.56. The van der Waals surface area contributed by atoms with Gasteiger partial charge in [0.25, 0.3) is 0 Å². The third-order valence-electron chi connectivity index (χ3n) is 5.37. The molecular weight excluding hydrogens is 349 g/mol. The van der Waals surface area contributed by atoms with Crippen LogP contribution in [0.4, 0.5) is 18.9 Å². The SMILES string of the molecule is OC1CN(CC2CCN(c3ccc(C(F)(F)F)cc3)CC2)CC(O)C1O. The van der Waals surface area contributed by atoms with Crippen molar-refractivity contribution in [3.8, 4) is 0 Å². The summed E-state index contributed by atoms with van der Waals surface area (Å²) in [6.45, 7) is 2.95. The molecule has 8 heteroatoms. The van der Waals surface area contributed by atoms with E-state index in [4.69, 9.17) is 0 Å². The monoisotopic (exact) mass is 374 g/mol. The minimum Gasteiger partial charge on any atom is -0.389 e. The predicted octanol–water partition coefficient (Wildman–Crippen LogP) is 1.32. The van der Waals surface area contributed by atoms with Crippen LogP contribution in [0.2, 0.25) is 0 Å². The Balaban J connectivity index is 1.50. The van der Waals surface area contributed by atoms with E-state index in [1.54, 1.807) is 0 Å². The lowest BCUT2D eigenvalue weighted by atomic mass is 9.93. The number of piperidine rings is 2. The molecule has 26 heavy (non-hydrogen) atoms. The lowest BCUT2D eigenvalue weighted by molar-refractivity contribution is -0.137. The third kappa shape index (κ3) is 4.49. The van der Waals surface area contributed by atoms with Gasteiger partial charge in [-0.1, -0.05) is 0 Å². The smallest absolute Gasteiger partial charge is 0.389 e. The largest absolute Gasteiger partial charge is 0.416 e. The zero-order valence-corrected chi connectivity index (χ0v) is 14.4. The summed E-state index contributed by atoms with van der Waals surface area (Å²) < 4.78 is 37.9. The molecule has 0 aromatic heterocycles. The topological polar surface area (TPSA) is 67.2 Å². The quantitative estimate of drug-likeness (QED) is 0.745. The van der Waals surface area contributed by atoms with Crippen molar-refractivity contribution in [1.82, 2.24) is 4.90 Å². The van der Waals surface area contributed by atoms with E-state index in [1.165, 1.54) is 12.1 Å². The van der Waals surface area contributed by atoms with Crippen molar-refractivity contribution < 1.29 is 28.5 Å². The molecule has 1 aromatic rings. The summed E-state index contributed by atoms with van der Waals surface area (Å²) in [7, 11) is 0. The van der Waals surface area contributed by atoms with Gasteiger partial charge in [0.15, 0.2) is 0 Å². The Bertz CT molecular complexity index is 576. The molecule has 2 fully saturated rings. The Labute approximate surface area is 150 Å². The zero-order valence-electron chi connectivity index (χ0n) is 14.4. The Hall–Kier alpha value is -1.35. The maximum atomic E-state index is 12.6. The average Bonchev–Trinajstić information content (AvgIpc) is 2.60. The molecule has 2 aliphatic heterocycles. The van der Waals surface area contributed by atoms with Gasteiger partial charge in [-0.2, -0.15) is 13.2 Å². The van der Waals surface area contributed by atoms with Crippen LogP contribution < -0.4 is 4.90 Å². The molecule has 0 amide bonds. The summed E-state index contributed by atoms with van der Waals surface area (Å²) in [5.41, 5.74) is 0.156. The first-order chi connectivity index (χ1) is 12.2. The number of hydrogen-bond donors (Lipinski definition) is 3. The zero-order chi connectivity index (χ0) is 18.9. The van der Waals surface area contributed by atoms with E-state index < -0.39 is 30.1 Å². The highest BCUT2D eigenvalue weighted by atomic mass is 19.4. The van der Waals surface area contributed by atoms with Crippen molar-refractivity contribution in [2.24, 2.45) is 5.92 Å². The molecule has 0 aliphatic carbocycles. The highest BCUT2D eigenvalue weighted by Gasteiger charge is 2.34. The third-order valence-corrected chi connectivity index (χ3v) is 5.37. The molecule has 0 saturated carbocycles. The second kappa shape index (κ2) is 7.72. The van der Waals surface area contributed by atoms with Gasteiger partial charge >= 0.3 is 6.18 Å². The molecule has 0 radical (unpaired) electrons. The number of aliphatic hydroxyl groups excluding tert-OH is 3. The summed E-state index contributed by atoms with van der Waals surface area (Å²) >= 11 is 0. The maximum absolute atomic E-state index is 12.6. The highest BCUT2D eigenvalue weighted by Crippen LogP contribution is 2.31. The van der Waals surface area contributed by atoms with E-state index in [0.29, 0.717) is 19.0 Å². The fourth-order valence-corrected chi connectivity index (χ4v) is 3.83. The fourth-order valence-electron chi connectivity index (χ4n) is 3.83. The normalized spacial score (nSPS) is 29.2. The maximum Gasteiger partial charge on any atom is 0.416 e. The van der Waals surface area contributed by atoms with Gasteiger partial charge in [-0.15, -0.1) is 0 Å². The second-order valence-corrected chi connectivity index (χ2v) is 7.32. The Morgan fingerprint density at radius 3 is 1.96 bits per heavy atom. The van der Waals surface area contributed by atoms with Gasteiger partial charge in [-0.25, -0.2) is 0 Å². The van der Waals surface area contributed by atoms with Gasteiger partial charge in [0.1, 0.15) is 6.10 Å². The number of anilines is 1. The van der Waals surface area contributed by atoms with Gasteiger partial charge in [0, 0.05) is 38.4 Å². The number of alkyl halides is 3. The first kappa shape index (κ1) is 19.4. The molecular formula is C18H25F3N2O3. The van der Waals surface area contributed by atoms with E-state index in [0.717, 1.165) is 50.3 Å². The molecule has 3 N–H and O–H groups in total. The molecule has 0 spiro atoms.